The van der Waals surface area contributed by atoms with Crippen LogP contribution in [0.2, 0.25) is 5.02 Å². The molecule has 126 valence electrons. The van der Waals surface area contributed by atoms with Gasteiger partial charge in [-0.3, -0.25) is 0 Å². The monoisotopic (exact) mass is 357 g/mol. The normalized spacial score (nSPS) is 11.2. The molecule has 1 heterocycles. The fraction of sp³-hybridized carbons (Fsp3) is 0.125. The van der Waals surface area contributed by atoms with Gasteiger partial charge in [0.1, 0.15) is 10.8 Å². The molecule has 0 radical (unpaired) electrons. The topological polar surface area (TPSA) is 59.4 Å². The van der Waals surface area contributed by atoms with Crippen LogP contribution in [0.1, 0.15) is 11.1 Å². The van der Waals surface area contributed by atoms with Crippen molar-refractivity contribution in [3.63, 3.8) is 0 Å². The number of hydrogen-bond acceptors (Lipinski definition) is 3. The molecule has 1 aromatic carbocycles. The standard InChI is InChI=1S/C16H11ClF3NO3/c1-9(15(22)23)6-10-2-4-12(5-3-10)24-14-13(17)7-11(8-21-14)16(18,19)20/h2-5,7-8H,1,6H2,(H,22,23). The highest BCUT2D eigenvalue weighted by Crippen LogP contribution is 2.34. The second kappa shape index (κ2) is 6.92. The second-order valence-corrected chi connectivity index (χ2v) is 5.25. The summed E-state index contributed by atoms with van der Waals surface area (Å²) in [6.07, 6.45) is -3.75. The van der Waals surface area contributed by atoms with E-state index in [0.29, 0.717) is 17.5 Å². The number of carboxylic acid groups (broad SMARTS) is 1. The number of aromatic nitrogens is 1. The quantitative estimate of drug-likeness (QED) is 0.786. The van der Waals surface area contributed by atoms with Gasteiger partial charge in [0.15, 0.2) is 0 Å². The predicted molar refractivity (Wildman–Crippen MR) is 81.2 cm³/mol. The van der Waals surface area contributed by atoms with E-state index in [1.54, 1.807) is 12.1 Å². The van der Waals surface area contributed by atoms with Gasteiger partial charge in [-0.2, -0.15) is 13.2 Å². The van der Waals surface area contributed by atoms with E-state index in [1.807, 2.05) is 0 Å². The number of hydrogen-bond donors (Lipinski definition) is 1. The molecule has 0 unspecified atom stereocenters. The van der Waals surface area contributed by atoms with Crippen LogP contribution < -0.4 is 4.74 Å². The van der Waals surface area contributed by atoms with Gasteiger partial charge in [0.05, 0.1) is 5.56 Å². The first-order chi connectivity index (χ1) is 11.2. The van der Waals surface area contributed by atoms with E-state index in [0.717, 1.165) is 6.07 Å². The van der Waals surface area contributed by atoms with E-state index >= 15 is 0 Å². The third-order valence-corrected chi connectivity index (χ3v) is 3.26. The molecule has 1 N–H and O–H groups in total. The second-order valence-electron chi connectivity index (χ2n) is 4.84. The van der Waals surface area contributed by atoms with Crippen molar-refractivity contribution < 1.29 is 27.8 Å². The molecule has 0 spiro atoms. The fourth-order valence-corrected chi connectivity index (χ4v) is 1.97. The van der Waals surface area contributed by atoms with Gasteiger partial charge in [-0.25, -0.2) is 9.78 Å². The molecule has 0 bridgehead atoms. The van der Waals surface area contributed by atoms with Crippen molar-refractivity contribution in [2.75, 3.05) is 0 Å². The van der Waals surface area contributed by atoms with Crippen LogP contribution in [-0.2, 0) is 17.4 Å². The molecule has 0 aliphatic heterocycles. The smallest absolute Gasteiger partial charge is 0.417 e. The number of carbonyl (C=O) groups is 1. The molecule has 0 fully saturated rings. The molecule has 1 aromatic heterocycles. The Hall–Kier alpha value is -2.54. The highest BCUT2D eigenvalue weighted by atomic mass is 35.5. The van der Waals surface area contributed by atoms with Crippen LogP contribution >= 0.6 is 11.6 Å². The molecule has 0 atom stereocenters. The largest absolute Gasteiger partial charge is 0.478 e. The number of benzene rings is 1. The zero-order valence-electron chi connectivity index (χ0n) is 12.1. The average molecular weight is 358 g/mol. The van der Waals surface area contributed by atoms with Gasteiger partial charge in [-0.05, 0) is 23.8 Å². The van der Waals surface area contributed by atoms with Gasteiger partial charge in [-0.15, -0.1) is 0 Å². The molecule has 4 nitrogen and oxygen atoms in total. The summed E-state index contributed by atoms with van der Waals surface area (Å²) in [6, 6.07) is 7.01. The van der Waals surface area contributed by atoms with Crippen LogP contribution in [0.15, 0.2) is 48.7 Å². The maximum absolute atomic E-state index is 12.5. The Morgan fingerprint density at radius 2 is 1.92 bits per heavy atom. The maximum atomic E-state index is 12.5. The molecule has 0 saturated carbocycles. The summed E-state index contributed by atoms with van der Waals surface area (Å²) < 4.78 is 43.0. The van der Waals surface area contributed by atoms with Crippen molar-refractivity contribution in [1.29, 1.82) is 0 Å². The van der Waals surface area contributed by atoms with Crippen molar-refractivity contribution in [3.8, 4) is 11.6 Å². The summed E-state index contributed by atoms with van der Waals surface area (Å²) in [7, 11) is 0. The van der Waals surface area contributed by atoms with Gasteiger partial charge >= 0.3 is 12.1 Å². The van der Waals surface area contributed by atoms with E-state index in [-0.39, 0.29) is 22.9 Å². The number of rotatable bonds is 5. The average Bonchev–Trinajstić information content (AvgIpc) is 2.50. The Kier molecular flexibility index (Phi) is 5.14. The lowest BCUT2D eigenvalue weighted by Crippen LogP contribution is -2.05. The predicted octanol–water partition coefficient (Wildman–Crippen LogP) is 4.73. The Bertz CT molecular complexity index is 773. The number of pyridine rings is 1. The molecule has 2 rings (SSSR count). The lowest BCUT2D eigenvalue weighted by Gasteiger charge is -2.10. The zero-order chi connectivity index (χ0) is 17.9. The lowest BCUT2D eigenvalue weighted by molar-refractivity contribution is -0.138. The number of ether oxygens (including phenoxy) is 1. The fourth-order valence-electron chi connectivity index (χ4n) is 1.76. The van der Waals surface area contributed by atoms with Crippen LogP contribution in [-0.4, -0.2) is 16.1 Å². The van der Waals surface area contributed by atoms with E-state index < -0.39 is 17.7 Å². The molecule has 0 aliphatic carbocycles. The molecule has 0 amide bonds. The van der Waals surface area contributed by atoms with Gasteiger partial charge in [-0.1, -0.05) is 30.3 Å². The molecule has 0 saturated heterocycles. The van der Waals surface area contributed by atoms with Crippen LogP contribution in [0, 0.1) is 0 Å². The first-order valence-corrected chi connectivity index (χ1v) is 6.95. The van der Waals surface area contributed by atoms with E-state index in [1.165, 1.54) is 12.1 Å². The third kappa shape index (κ3) is 4.48. The van der Waals surface area contributed by atoms with Crippen molar-refractivity contribution in [1.82, 2.24) is 4.98 Å². The minimum absolute atomic E-state index is 0.0381. The zero-order valence-corrected chi connectivity index (χ0v) is 12.9. The Balaban J connectivity index is 2.11. The molecular weight excluding hydrogens is 347 g/mol. The number of nitrogens with zero attached hydrogens (tertiary/aromatic N) is 1. The Morgan fingerprint density at radius 3 is 2.42 bits per heavy atom. The number of alkyl halides is 3. The SMILES string of the molecule is C=C(Cc1ccc(Oc2ncc(C(F)(F)F)cc2Cl)cc1)C(=O)O. The Morgan fingerprint density at radius 1 is 1.29 bits per heavy atom. The van der Waals surface area contributed by atoms with E-state index in [2.05, 4.69) is 11.6 Å². The minimum atomic E-state index is -4.54. The molecule has 8 heteroatoms. The summed E-state index contributed by atoms with van der Waals surface area (Å²) in [5, 5.41) is 8.51. The number of carboxylic acids is 1. The molecular formula is C16H11ClF3NO3. The summed E-state index contributed by atoms with van der Waals surface area (Å²) in [6.45, 7) is 3.43. The van der Waals surface area contributed by atoms with Crippen molar-refractivity contribution in [2.24, 2.45) is 0 Å². The van der Waals surface area contributed by atoms with Crippen molar-refractivity contribution in [2.45, 2.75) is 12.6 Å². The van der Waals surface area contributed by atoms with Crippen LogP contribution in [0.3, 0.4) is 0 Å². The molecule has 2 aromatic rings. The number of halogens is 4. The van der Waals surface area contributed by atoms with Crippen LogP contribution in [0.5, 0.6) is 11.6 Å². The van der Waals surface area contributed by atoms with E-state index in [9.17, 15) is 18.0 Å². The van der Waals surface area contributed by atoms with Crippen LogP contribution in [0.25, 0.3) is 0 Å². The minimum Gasteiger partial charge on any atom is -0.478 e. The summed E-state index contributed by atoms with van der Waals surface area (Å²) >= 11 is 5.76. The summed E-state index contributed by atoms with van der Waals surface area (Å²) in [5.41, 5.74) is -0.236. The van der Waals surface area contributed by atoms with Crippen molar-refractivity contribution >= 4 is 17.6 Å². The summed E-state index contributed by atoms with van der Waals surface area (Å²) in [4.78, 5) is 14.3. The van der Waals surface area contributed by atoms with Gasteiger partial charge in [0, 0.05) is 18.2 Å². The number of aliphatic carboxylic acids is 1. The van der Waals surface area contributed by atoms with Crippen molar-refractivity contribution in [3.05, 3.63) is 64.8 Å². The first-order valence-electron chi connectivity index (χ1n) is 6.57. The third-order valence-electron chi connectivity index (χ3n) is 2.99. The van der Waals surface area contributed by atoms with Gasteiger partial charge < -0.3 is 9.84 Å². The Labute approximate surface area is 140 Å². The highest BCUT2D eigenvalue weighted by molar-refractivity contribution is 6.31. The first kappa shape index (κ1) is 17.8. The molecule has 0 aliphatic rings. The van der Waals surface area contributed by atoms with Crippen LogP contribution in [0.4, 0.5) is 13.2 Å². The summed E-state index contributed by atoms with van der Waals surface area (Å²) in [5.74, 6) is -0.947. The lowest BCUT2D eigenvalue weighted by atomic mass is 10.1. The molecule has 24 heavy (non-hydrogen) atoms. The maximum Gasteiger partial charge on any atom is 0.417 e. The highest BCUT2D eigenvalue weighted by Gasteiger charge is 2.31. The van der Waals surface area contributed by atoms with Gasteiger partial charge in [0.2, 0.25) is 5.88 Å². The van der Waals surface area contributed by atoms with Gasteiger partial charge in [0.25, 0.3) is 0 Å². The van der Waals surface area contributed by atoms with E-state index in [4.69, 9.17) is 21.4 Å².